The van der Waals surface area contributed by atoms with Crippen molar-refractivity contribution in [2.24, 2.45) is 0 Å². The fourth-order valence-electron chi connectivity index (χ4n) is 1.73. The van der Waals surface area contributed by atoms with Crippen LogP contribution < -0.4 is 4.74 Å². The van der Waals surface area contributed by atoms with E-state index in [9.17, 15) is 4.21 Å². The van der Waals surface area contributed by atoms with Crippen molar-refractivity contribution in [3.63, 3.8) is 0 Å². The standard InChI is InChI=1S/C11H8O2S/c12-14-7-5-9-10(14)4-3-8-2-1-6-13-11(8)9/h1-5,7H,6H2. The lowest BCUT2D eigenvalue weighted by molar-refractivity contribution is 0.357. The summed E-state index contributed by atoms with van der Waals surface area (Å²) < 4.78 is 17.0. The van der Waals surface area contributed by atoms with Crippen LogP contribution in [0.5, 0.6) is 5.75 Å². The molecule has 0 aromatic heterocycles. The van der Waals surface area contributed by atoms with Gasteiger partial charge in [0.05, 0.1) is 15.7 Å². The second-order valence-corrected chi connectivity index (χ2v) is 4.52. The summed E-state index contributed by atoms with van der Waals surface area (Å²) in [4.78, 5) is 0.860. The molecule has 3 heteroatoms. The van der Waals surface area contributed by atoms with Crippen LogP contribution >= 0.6 is 0 Å². The van der Waals surface area contributed by atoms with Crippen LogP contribution in [0.4, 0.5) is 0 Å². The minimum atomic E-state index is -0.980. The van der Waals surface area contributed by atoms with Crippen LogP contribution in [0.3, 0.4) is 0 Å². The van der Waals surface area contributed by atoms with Crippen molar-refractivity contribution in [2.75, 3.05) is 6.61 Å². The highest BCUT2D eigenvalue weighted by molar-refractivity contribution is 7.88. The van der Waals surface area contributed by atoms with Gasteiger partial charge in [-0.2, -0.15) is 0 Å². The molecule has 0 radical (unpaired) electrons. The summed E-state index contributed by atoms with van der Waals surface area (Å²) in [5.41, 5.74) is 2.05. The van der Waals surface area contributed by atoms with Gasteiger partial charge in [-0.15, -0.1) is 0 Å². The molecule has 0 bridgehead atoms. The highest BCUT2D eigenvalue weighted by Crippen LogP contribution is 2.36. The summed E-state index contributed by atoms with van der Waals surface area (Å²) in [6.45, 7) is 0.601. The lowest BCUT2D eigenvalue weighted by atomic mass is 10.1. The maximum atomic E-state index is 11.5. The van der Waals surface area contributed by atoms with Crippen LogP contribution in [0.1, 0.15) is 11.1 Å². The van der Waals surface area contributed by atoms with Crippen LogP contribution in [-0.2, 0) is 10.8 Å². The number of rotatable bonds is 0. The molecule has 14 heavy (non-hydrogen) atoms. The van der Waals surface area contributed by atoms with Gasteiger partial charge in [-0.3, -0.25) is 0 Å². The largest absolute Gasteiger partial charge is 0.488 e. The van der Waals surface area contributed by atoms with Crippen molar-refractivity contribution >= 4 is 23.0 Å². The first kappa shape index (κ1) is 8.00. The molecule has 0 saturated heterocycles. The van der Waals surface area contributed by atoms with E-state index in [1.165, 1.54) is 0 Å². The zero-order valence-electron chi connectivity index (χ0n) is 7.40. The van der Waals surface area contributed by atoms with Crippen LogP contribution in [0.25, 0.3) is 12.2 Å². The van der Waals surface area contributed by atoms with E-state index in [-0.39, 0.29) is 0 Å². The fraction of sp³-hybridized carbons (Fsp3) is 0.0909. The predicted octanol–water partition coefficient (Wildman–Crippen LogP) is 2.18. The van der Waals surface area contributed by atoms with Gasteiger partial charge in [0.25, 0.3) is 0 Å². The van der Waals surface area contributed by atoms with Gasteiger partial charge in [0.2, 0.25) is 0 Å². The Morgan fingerprint density at radius 2 is 2.21 bits per heavy atom. The molecule has 0 spiro atoms. The third-order valence-corrected chi connectivity index (χ3v) is 3.56. The van der Waals surface area contributed by atoms with Crippen molar-refractivity contribution in [1.29, 1.82) is 0 Å². The molecule has 1 aromatic carbocycles. The molecule has 2 aliphatic heterocycles. The maximum absolute atomic E-state index is 11.5. The van der Waals surface area contributed by atoms with Crippen LogP contribution in [0.2, 0.25) is 0 Å². The molecule has 2 heterocycles. The number of hydrogen-bond donors (Lipinski definition) is 0. The SMILES string of the molecule is O=S1C=Cc2c1ccc1c2OCC=C1. The van der Waals surface area contributed by atoms with E-state index in [2.05, 4.69) is 0 Å². The molecule has 3 rings (SSSR count). The Hall–Kier alpha value is -1.35. The van der Waals surface area contributed by atoms with E-state index < -0.39 is 10.8 Å². The second kappa shape index (κ2) is 2.82. The number of fused-ring (bicyclic) bond motifs is 3. The molecule has 0 N–H and O–H groups in total. The molecule has 0 saturated carbocycles. The van der Waals surface area contributed by atoms with E-state index in [1.807, 2.05) is 30.4 Å². The van der Waals surface area contributed by atoms with E-state index >= 15 is 0 Å². The summed E-state index contributed by atoms with van der Waals surface area (Å²) in [7, 11) is -0.980. The zero-order chi connectivity index (χ0) is 9.54. The van der Waals surface area contributed by atoms with Gasteiger partial charge >= 0.3 is 0 Å². The Balaban J connectivity index is 2.31. The topological polar surface area (TPSA) is 26.3 Å². The van der Waals surface area contributed by atoms with Gasteiger partial charge < -0.3 is 4.74 Å². The predicted molar refractivity (Wildman–Crippen MR) is 56.4 cm³/mol. The lowest BCUT2D eigenvalue weighted by Gasteiger charge is -2.15. The summed E-state index contributed by atoms with van der Waals surface area (Å²) in [5, 5.41) is 1.70. The Kier molecular flexibility index (Phi) is 1.61. The van der Waals surface area contributed by atoms with Gasteiger partial charge in [-0.25, -0.2) is 4.21 Å². The normalized spacial score (nSPS) is 21.6. The van der Waals surface area contributed by atoms with Gasteiger partial charge in [-0.1, -0.05) is 12.1 Å². The highest BCUT2D eigenvalue weighted by Gasteiger charge is 2.19. The summed E-state index contributed by atoms with van der Waals surface area (Å²) in [5.74, 6) is 0.868. The van der Waals surface area contributed by atoms with Crippen LogP contribution in [0.15, 0.2) is 28.5 Å². The molecule has 70 valence electrons. The molecule has 1 unspecified atom stereocenters. The number of ether oxygens (including phenoxy) is 1. The number of benzene rings is 1. The first-order chi connectivity index (χ1) is 6.86. The first-order valence-corrected chi connectivity index (χ1v) is 5.63. The molecule has 1 aromatic rings. The van der Waals surface area contributed by atoms with E-state index in [0.717, 1.165) is 21.8 Å². The molecule has 2 aliphatic rings. The Morgan fingerprint density at radius 3 is 3.14 bits per heavy atom. The Morgan fingerprint density at radius 1 is 1.29 bits per heavy atom. The third-order valence-electron chi connectivity index (χ3n) is 2.38. The maximum Gasteiger partial charge on any atom is 0.135 e. The van der Waals surface area contributed by atoms with Crippen molar-refractivity contribution < 1.29 is 8.95 Å². The van der Waals surface area contributed by atoms with Gasteiger partial charge in [-0.05, 0) is 18.2 Å². The molecule has 0 fully saturated rings. The summed E-state index contributed by atoms with van der Waals surface area (Å²) >= 11 is 0. The van der Waals surface area contributed by atoms with Crippen molar-refractivity contribution in [2.45, 2.75) is 4.90 Å². The van der Waals surface area contributed by atoms with Crippen LogP contribution in [-0.4, -0.2) is 10.8 Å². The quantitative estimate of drug-likeness (QED) is 0.647. The molecule has 1 atom stereocenters. The number of hydrogen-bond acceptors (Lipinski definition) is 2. The first-order valence-electron chi connectivity index (χ1n) is 4.41. The summed E-state index contributed by atoms with van der Waals surface area (Å²) in [6, 6.07) is 3.86. The molecule has 2 nitrogen and oxygen atoms in total. The fourth-order valence-corrected chi connectivity index (χ4v) is 2.72. The minimum Gasteiger partial charge on any atom is -0.488 e. The zero-order valence-corrected chi connectivity index (χ0v) is 8.21. The molecule has 0 aliphatic carbocycles. The van der Waals surface area contributed by atoms with Crippen molar-refractivity contribution in [3.05, 3.63) is 34.7 Å². The monoisotopic (exact) mass is 204 g/mol. The summed E-state index contributed by atoms with van der Waals surface area (Å²) in [6.07, 6.45) is 5.89. The van der Waals surface area contributed by atoms with Crippen molar-refractivity contribution in [1.82, 2.24) is 0 Å². The average Bonchev–Trinajstić information content (AvgIpc) is 2.61. The molecular weight excluding hydrogens is 196 g/mol. The Labute approximate surface area is 84.4 Å². The molecular formula is C11H8O2S. The smallest absolute Gasteiger partial charge is 0.135 e. The van der Waals surface area contributed by atoms with Crippen molar-refractivity contribution in [3.8, 4) is 5.75 Å². The van der Waals surface area contributed by atoms with Gasteiger partial charge in [0.15, 0.2) is 0 Å². The minimum absolute atomic E-state index is 0.601. The second-order valence-electron chi connectivity index (χ2n) is 3.21. The van der Waals surface area contributed by atoms with Gasteiger partial charge in [0, 0.05) is 16.5 Å². The third kappa shape index (κ3) is 0.990. The van der Waals surface area contributed by atoms with E-state index in [4.69, 9.17) is 4.74 Å². The highest BCUT2D eigenvalue weighted by atomic mass is 32.2. The van der Waals surface area contributed by atoms with E-state index in [1.54, 1.807) is 5.41 Å². The molecule has 0 amide bonds. The average molecular weight is 204 g/mol. The van der Waals surface area contributed by atoms with Gasteiger partial charge in [0.1, 0.15) is 12.4 Å². The Bertz CT molecular complexity index is 486. The lowest BCUT2D eigenvalue weighted by Crippen LogP contribution is -2.02. The van der Waals surface area contributed by atoms with Crippen LogP contribution in [0, 0.1) is 0 Å². The van der Waals surface area contributed by atoms with E-state index in [0.29, 0.717) is 6.61 Å².